The van der Waals surface area contributed by atoms with Gasteiger partial charge in [0.05, 0.1) is 7.11 Å². The number of methoxy groups -OCH3 is 1. The molecule has 0 aromatic heterocycles. The van der Waals surface area contributed by atoms with Crippen LogP contribution in [0.1, 0.15) is 12.8 Å². The fourth-order valence-corrected chi connectivity index (χ4v) is 4.10. The number of ketones is 1. The fourth-order valence-electron chi connectivity index (χ4n) is 1.97. The van der Waals surface area contributed by atoms with Crippen LogP contribution in [-0.4, -0.2) is 38.7 Å². The molecule has 0 bridgehead atoms. The van der Waals surface area contributed by atoms with E-state index in [0.717, 1.165) is 0 Å². The van der Waals surface area contributed by atoms with Gasteiger partial charge in [0.15, 0.2) is 0 Å². The molecule has 0 amide bonds. The molecule has 0 aliphatic carbocycles. The molecule has 0 atom stereocenters. The smallest absolute Gasteiger partial charge is 0.246 e. The molecule has 0 spiro atoms. The largest absolute Gasteiger partial charge is 0.495 e. The Balaban J connectivity index is 2.39. The molecule has 19 heavy (non-hydrogen) atoms. The minimum Gasteiger partial charge on any atom is -0.495 e. The number of ether oxygens (including phenoxy) is 1. The van der Waals surface area contributed by atoms with Crippen LogP contribution in [-0.2, 0) is 14.8 Å². The Morgan fingerprint density at radius 1 is 1.26 bits per heavy atom. The third kappa shape index (κ3) is 2.98. The van der Waals surface area contributed by atoms with Crippen LogP contribution in [0.4, 0.5) is 0 Å². The monoisotopic (exact) mass is 347 g/mol. The van der Waals surface area contributed by atoms with Gasteiger partial charge in [-0.15, -0.1) is 0 Å². The van der Waals surface area contributed by atoms with E-state index in [-0.39, 0.29) is 36.6 Å². The van der Waals surface area contributed by atoms with E-state index in [9.17, 15) is 13.2 Å². The molecule has 2 rings (SSSR count). The van der Waals surface area contributed by atoms with Gasteiger partial charge in [0, 0.05) is 30.4 Å². The molecular weight excluding hydrogens is 334 g/mol. The van der Waals surface area contributed by atoms with E-state index in [2.05, 4.69) is 15.9 Å². The molecule has 1 saturated heterocycles. The third-order valence-electron chi connectivity index (χ3n) is 3.02. The maximum atomic E-state index is 12.5. The molecule has 5 nitrogen and oxygen atoms in total. The normalized spacial score (nSPS) is 17.5. The SMILES string of the molecule is COc1ccc(Br)cc1S(=O)(=O)N1CCC(=O)CC1. The second-order valence-corrected chi connectivity index (χ2v) is 7.06. The van der Waals surface area contributed by atoms with E-state index >= 15 is 0 Å². The lowest BCUT2D eigenvalue weighted by Crippen LogP contribution is -2.38. The van der Waals surface area contributed by atoms with E-state index in [1.54, 1.807) is 12.1 Å². The van der Waals surface area contributed by atoms with Crippen molar-refractivity contribution in [1.82, 2.24) is 4.31 Å². The number of benzene rings is 1. The summed E-state index contributed by atoms with van der Waals surface area (Å²) in [7, 11) is -2.19. The second kappa shape index (κ2) is 5.60. The summed E-state index contributed by atoms with van der Waals surface area (Å²) in [5.74, 6) is 0.410. The summed E-state index contributed by atoms with van der Waals surface area (Å²) in [6, 6.07) is 4.84. The number of hydrogen-bond acceptors (Lipinski definition) is 4. The Hall–Kier alpha value is -0.920. The second-order valence-electron chi connectivity index (χ2n) is 4.24. The molecule has 1 aromatic rings. The van der Waals surface area contributed by atoms with Crippen LogP contribution in [0.15, 0.2) is 27.6 Å². The van der Waals surface area contributed by atoms with Crippen molar-refractivity contribution in [1.29, 1.82) is 0 Å². The first-order valence-electron chi connectivity index (χ1n) is 5.80. The van der Waals surface area contributed by atoms with Crippen molar-refractivity contribution < 1.29 is 17.9 Å². The number of carbonyl (C=O) groups excluding carboxylic acids is 1. The molecule has 1 aromatic carbocycles. The van der Waals surface area contributed by atoms with Crippen molar-refractivity contribution in [3.05, 3.63) is 22.7 Å². The number of sulfonamides is 1. The Bertz CT molecular complexity index is 590. The molecule has 1 aliphatic rings. The maximum Gasteiger partial charge on any atom is 0.246 e. The van der Waals surface area contributed by atoms with Crippen molar-refractivity contribution in [3.63, 3.8) is 0 Å². The number of carbonyl (C=O) groups is 1. The Morgan fingerprint density at radius 3 is 2.47 bits per heavy atom. The maximum absolute atomic E-state index is 12.5. The first kappa shape index (κ1) is 14.5. The summed E-state index contributed by atoms with van der Waals surface area (Å²) in [5.41, 5.74) is 0. The van der Waals surface area contributed by atoms with E-state index in [4.69, 9.17) is 4.74 Å². The van der Waals surface area contributed by atoms with Crippen LogP contribution in [0.25, 0.3) is 0 Å². The third-order valence-corrected chi connectivity index (χ3v) is 5.44. The molecule has 7 heteroatoms. The number of nitrogens with zero attached hydrogens (tertiary/aromatic N) is 1. The lowest BCUT2D eigenvalue weighted by atomic mass is 10.1. The van der Waals surface area contributed by atoms with E-state index in [0.29, 0.717) is 10.2 Å². The van der Waals surface area contributed by atoms with Crippen LogP contribution in [0.5, 0.6) is 5.75 Å². The lowest BCUT2D eigenvalue weighted by Gasteiger charge is -2.26. The summed E-state index contributed by atoms with van der Waals surface area (Å²) < 4.78 is 32.2. The zero-order valence-electron chi connectivity index (χ0n) is 10.4. The van der Waals surface area contributed by atoms with Gasteiger partial charge in [-0.25, -0.2) is 8.42 Å². The van der Waals surface area contributed by atoms with E-state index in [1.165, 1.54) is 17.5 Å². The Labute approximate surface area is 120 Å². The molecule has 0 N–H and O–H groups in total. The Kier molecular flexibility index (Phi) is 4.27. The van der Waals surface area contributed by atoms with Gasteiger partial charge < -0.3 is 4.74 Å². The minimum atomic E-state index is -3.62. The first-order chi connectivity index (χ1) is 8.95. The highest BCUT2D eigenvalue weighted by molar-refractivity contribution is 9.10. The number of rotatable bonds is 3. The summed E-state index contributed by atoms with van der Waals surface area (Å²) >= 11 is 3.26. The van der Waals surface area contributed by atoms with Gasteiger partial charge in [0.1, 0.15) is 16.4 Å². The standard InChI is InChI=1S/C12H14BrNO4S/c1-18-11-3-2-9(13)8-12(11)19(16,17)14-6-4-10(15)5-7-14/h2-3,8H,4-7H2,1H3. The van der Waals surface area contributed by atoms with Gasteiger partial charge >= 0.3 is 0 Å². The summed E-state index contributed by atoms with van der Waals surface area (Å²) in [5, 5.41) is 0. The fraction of sp³-hybridized carbons (Fsp3) is 0.417. The summed E-state index contributed by atoms with van der Waals surface area (Å²) in [6.07, 6.45) is 0.547. The van der Waals surface area contributed by atoms with Crippen LogP contribution in [0.3, 0.4) is 0 Å². The zero-order chi connectivity index (χ0) is 14.0. The van der Waals surface area contributed by atoms with Gasteiger partial charge in [0.2, 0.25) is 10.0 Å². The topological polar surface area (TPSA) is 63.7 Å². The zero-order valence-corrected chi connectivity index (χ0v) is 12.8. The molecule has 0 saturated carbocycles. The van der Waals surface area contributed by atoms with Crippen molar-refractivity contribution in [2.75, 3.05) is 20.2 Å². The van der Waals surface area contributed by atoms with Gasteiger partial charge in [0.25, 0.3) is 0 Å². The summed E-state index contributed by atoms with van der Waals surface area (Å²) in [6.45, 7) is 0.466. The van der Waals surface area contributed by atoms with Crippen LogP contribution < -0.4 is 4.74 Å². The summed E-state index contributed by atoms with van der Waals surface area (Å²) in [4.78, 5) is 11.3. The Morgan fingerprint density at radius 2 is 1.89 bits per heavy atom. The van der Waals surface area contributed by atoms with Gasteiger partial charge in [-0.05, 0) is 18.2 Å². The van der Waals surface area contributed by atoms with Crippen molar-refractivity contribution in [3.8, 4) is 5.75 Å². The van der Waals surface area contributed by atoms with E-state index in [1.807, 2.05) is 0 Å². The predicted molar refractivity (Wildman–Crippen MR) is 73.7 cm³/mol. The molecule has 1 fully saturated rings. The van der Waals surface area contributed by atoms with Gasteiger partial charge in [-0.3, -0.25) is 4.79 Å². The number of halogens is 1. The molecule has 104 valence electrons. The highest BCUT2D eigenvalue weighted by Crippen LogP contribution is 2.30. The first-order valence-corrected chi connectivity index (χ1v) is 8.04. The van der Waals surface area contributed by atoms with Crippen LogP contribution >= 0.6 is 15.9 Å². The lowest BCUT2D eigenvalue weighted by molar-refractivity contribution is -0.120. The predicted octanol–water partition coefficient (Wildman–Crippen LogP) is 1.81. The van der Waals surface area contributed by atoms with Crippen molar-refractivity contribution in [2.24, 2.45) is 0 Å². The number of Topliss-reactive ketones (excluding diaryl/α,β-unsaturated/α-hetero) is 1. The average Bonchev–Trinajstić information content (AvgIpc) is 2.39. The average molecular weight is 348 g/mol. The van der Waals surface area contributed by atoms with E-state index < -0.39 is 10.0 Å². The highest BCUT2D eigenvalue weighted by atomic mass is 79.9. The molecule has 0 unspecified atom stereocenters. The number of piperidine rings is 1. The molecular formula is C12H14BrNO4S. The van der Waals surface area contributed by atoms with Crippen molar-refractivity contribution in [2.45, 2.75) is 17.7 Å². The van der Waals surface area contributed by atoms with Gasteiger partial charge in [-0.1, -0.05) is 15.9 Å². The quantitative estimate of drug-likeness (QED) is 0.836. The highest BCUT2D eigenvalue weighted by Gasteiger charge is 2.30. The number of hydrogen-bond donors (Lipinski definition) is 0. The van der Waals surface area contributed by atoms with Crippen LogP contribution in [0, 0.1) is 0 Å². The van der Waals surface area contributed by atoms with Crippen LogP contribution in [0.2, 0.25) is 0 Å². The molecule has 1 heterocycles. The van der Waals surface area contributed by atoms with Gasteiger partial charge in [-0.2, -0.15) is 4.31 Å². The minimum absolute atomic E-state index is 0.104. The molecule has 1 aliphatic heterocycles. The van der Waals surface area contributed by atoms with Crippen molar-refractivity contribution >= 4 is 31.7 Å². The molecule has 0 radical (unpaired) electrons.